The zero-order valence-corrected chi connectivity index (χ0v) is 17.4. The normalized spacial score (nSPS) is 11.6. The smallest absolute Gasteiger partial charge is 0.416 e. The summed E-state index contributed by atoms with van der Waals surface area (Å²) in [6.45, 7) is -0.379. The Morgan fingerprint density at radius 3 is 2.74 bits per heavy atom. The maximum atomic E-state index is 13.3. The van der Waals surface area contributed by atoms with E-state index in [1.165, 1.54) is 37.8 Å². The quantitative estimate of drug-likeness (QED) is 0.285. The number of ether oxygens (including phenoxy) is 2. The van der Waals surface area contributed by atoms with Crippen molar-refractivity contribution in [2.24, 2.45) is 0 Å². The summed E-state index contributed by atoms with van der Waals surface area (Å²) in [5, 5.41) is 0.809. The van der Waals surface area contributed by atoms with E-state index < -0.39 is 17.7 Å². The summed E-state index contributed by atoms with van der Waals surface area (Å²) < 4.78 is 51.9. The Morgan fingerprint density at radius 1 is 1.23 bits per heavy atom. The number of carbonyl (C=O) groups excluding carboxylic acids is 1. The number of hydrogen-bond acceptors (Lipinski definition) is 6. The number of imidazole rings is 1. The topological polar surface area (TPSA) is 66.2 Å². The fourth-order valence-electron chi connectivity index (χ4n) is 2.96. The fraction of sp³-hybridized carbons (Fsp3) is 0.150. The highest BCUT2D eigenvalue weighted by molar-refractivity contribution is 7.16. The van der Waals surface area contributed by atoms with Gasteiger partial charge in [0.25, 0.3) is 0 Å². The number of pyridine rings is 1. The van der Waals surface area contributed by atoms with Gasteiger partial charge < -0.3 is 9.47 Å². The zero-order valence-electron chi connectivity index (χ0n) is 15.8. The van der Waals surface area contributed by atoms with E-state index >= 15 is 0 Å². The summed E-state index contributed by atoms with van der Waals surface area (Å²) in [5.74, 6) is -0.565. The molecule has 0 unspecified atom stereocenters. The van der Waals surface area contributed by atoms with E-state index in [9.17, 15) is 18.0 Å². The summed E-state index contributed by atoms with van der Waals surface area (Å²) in [6, 6.07) is 8.26. The Labute approximate surface area is 182 Å². The molecular formula is C20H13ClF3N3O3S. The molecule has 6 nitrogen and oxygen atoms in total. The second-order valence-corrected chi connectivity index (χ2v) is 7.74. The molecule has 0 atom stereocenters. The predicted molar refractivity (Wildman–Crippen MR) is 109 cm³/mol. The van der Waals surface area contributed by atoms with E-state index in [0.717, 1.165) is 17.4 Å². The van der Waals surface area contributed by atoms with Gasteiger partial charge in [-0.05, 0) is 6.07 Å². The van der Waals surface area contributed by atoms with Gasteiger partial charge in [-0.2, -0.15) is 13.2 Å². The third kappa shape index (κ3) is 4.21. The number of benzene rings is 1. The molecule has 0 aliphatic carbocycles. The van der Waals surface area contributed by atoms with Crippen molar-refractivity contribution >= 4 is 39.9 Å². The number of nitrogens with zero attached hydrogens (tertiary/aromatic N) is 3. The van der Waals surface area contributed by atoms with Gasteiger partial charge in [0.15, 0.2) is 4.88 Å². The Bertz CT molecular complexity index is 1270. The van der Waals surface area contributed by atoms with Crippen LogP contribution in [0.4, 0.5) is 13.2 Å². The van der Waals surface area contributed by atoms with E-state index in [1.54, 1.807) is 16.7 Å². The molecule has 0 aliphatic rings. The predicted octanol–water partition coefficient (Wildman–Crippen LogP) is 5.52. The molecule has 0 spiro atoms. The van der Waals surface area contributed by atoms with Crippen LogP contribution in [0.25, 0.3) is 16.0 Å². The Hall–Kier alpha value is -3.11. The molecule has 0 radical (unpaired) electrons. The van der Waals surface area contributed by atoms with Gasteiger partial charge >= 0.3 is 12.1 Å². The maximum Gasteiger partial charge on any atom is 0.416 e. The van der Waals surface area contributed by atoms with Gasteiger partial charge in [-0.25, -0.2) is 14.8 Å². The number of thiophene rings is 1. The van der Waals surface area contributed by atoms with Crippen LogP contribution in [-0.4, -0.2) is 27.6 Å². The van der Waals surface area contributed by atoms with Crippen molar-refractivity contribution in [3.8, 4) is 10.8 Å². The van der Waals surface area contributed by atoms with Gasteiger partial charge in [0.2, 0.25) is 0 Å². The standard InChI is InChI=1S/C20H13ClF3N3O3S/c1-29-19(28)18-15(30-9-11-4-2-3-5-12(11)20(22,23)24)7-17(31-18)27-10-26-13-8-25-16(21)6-14(13)27/h2-8,10H,9H2,1H3. The highest BCUT2D eigenvalue weighted by atomic mass is 35.5. The molecule has 4 rings (SSSR count). The lowest BCUT2D eigenvalue weighted by Crippen LogP contribution is -2.11. The van der Waals surface area contributed by atoms with E-state index in [4.69, 9.17) is 21.1 Å². The zero-order chi connectivity index (χ0) is 22.2. The van der Waals surface area contributed by atoms with Crippen molar-refractivity contribution in [3.63, 3.8) is 0 Å². The molecule has 1 aromatic carbocycles. The van der Waals surface area contributed by atoms with Crippen LogP contribution in [-0.2, 0) is 17.5 Å². The minimum Gasteiger partial charge on any atom is -0.487 e. The van der Waals surface area contributed by atoms with Gasteiger partial charge in [0, 0.05) is 17.7 Å². The van der Waals surface area contributed by atoms with E-state index in [1.807, 2.05) is 0 Å². The third-order valence-electron chi connectivity index (χ3n) is 4.40. The molecule has 4 aromatic rings. The van der Waals surface area contributed by atoms with Crippen LogP contribution in [0.3, 0.4) is 0 Å². The molecule has 11 heteroatoms. The van der Waals surface area contributed by atoms with Gasteiger partial charge in [0.1, 0.15) is 34.4 Å². The van der Waals surface area contributed by atoms with Crippen molar-refractivity contribution in [3.05, 3.63) is 70.1 Å². The first-order valence-corrected chi connectivity index (χ1v) is 9.96. The molecule has 0 saturated carbocycles. The van der Waals surface area contributed by atoms with E-state index in [-0.39, 0.29) is 28.0 Å². The Morgan fingerprint density at radius 2 is 2.00 bits per heavy atom. The maximum absolute atomic E-state index is 13.3. The third-order valence-corrected chi connectivity index (χ3v) is 5.70. The number of carbonyl (C=O) groups is 1. The second kappa shape index (κ2) is 8.20. The van der Waals surface area contributed by atoms with Crippen LogP contribution >= 0.6 is 22.9 Å². The molecule has 0 aliphatic heterocycles. The van der Waals surface area contributed by atoms with Gasteiger partial charge in [-0.15, -0.1) is 11.3 Å². The first-order chi connectivity index (χ1) is 14.8. The summed E-state index contributed by atoms with van der Waals surface area (Å²) in [4.78, 5) is 20.6. The minimum atomic E-state index is -4.52. The van der Waals surface area contributed by atoms with Crippen LogP contribution in [0.5, 0.6) is 5.75 Å². The number of hydrogen-bond donors (Lipinski definition) is 0. The average Bonchev–Trinajstić information content (AvgIpc) is 3.34. The lowest BCUT2D eigenvalue weighted by Gasteiger charge is -2.13. The summed E-state index contributed by atoms with van der Waals surface area (Å²) in [5.41, 5.74) is 0.378. The molecule has 31 heavy (non-hydrogen) atoms. The number of fused-ring (bicyclic) bond motifs is 1. The van der Waals surface area contributed by atoms with Crippen molar-refractivity contribution in [1.82, 2.24) is 14.5 Å². The highest BCUT2D eigenvalue weighted by Gasteiger charge is 2.33. The first kappa shape index (κ1) is 21.1. The number of alkyl halides is 3. The molecule has 0 saturated heterocycles. The van der Waals surface area contributed by atoms with Crippen LogP contribution in [0, 0.1) is 0 Å². The van der Waals surface area contributed by atoms with Crippen LogP contribution < -0.4 is 4.74 Å². The molecular weight excluding hydrogens is 455 g/mol. The van der Waals surface area contributed by atoms with Crippen LogP contribution in [0.15, 0.2) is 48.9 Å². The summed E-state index contributed by atoms with van der Waals surface area (Å²) in [6.07, 6.45) is -1.49. The number of aromatic nitrogens is 3. The average molecular weight is 468 g/mol. The monoisotopic (exact) mass is 467 g/mol. The highest BCUT2D eigenvalue weighted by Crippen LogP contribution is 2.36. The molecule has 3 heterocycles. The fourth-order valence-corrected chi connectivity index (χ4v) is 4.12. The molecule has 0 N–H and O–H groups in total. The molecule has 160 valence electrons. The molecule has 3 aromatic heterocycles. The molecule has 0 fully saturated rings. The number of esters is 1. The number of rotatable bonds is 5. The van der Waals surface area contributed by atoms with Crippen molar-refractivity contribution < 1.29 is 27.4 Å². The van der Waals surface area contributed by atoms with Gasteiger partial charge in [0.05, 0.1) is 24.4 Å². The lowest BCUT2D eigenvalue weighted by atomic mass is 10.1. The van der Waals surface area contributed by atoms with E-state index in [0.29, 0.717) is 16.0 Å². The Kier molecular flexibility index (Phi) is 5.59. The van der Waals surface area contributed by atoms with E-state index in [2.05, 4.69) is 9.97 Å². The summed E-state index contributed by atoms with van der Waals surface area (Å²) >= 11 is 7.03. The number of halogens is 4. The largest absolute Gasteiger partial charge is 0.487 e. The Balaban J connectivity index is 1.71. The number of methoxy groups -OCH3 is 1. The first-order valence-electron chi connectivity index (χ1n) is 8.77. The van der Waals surface area contributed by atoms with Gasteiger partial charge in [-0.3, -0.25) is 4.57 Å². The van der Waals surface area contributed by atoms with Crippen molar-refractivity contribution in [1.29, 1.82) is 0 Å². The lowest BCUT2D eigenvalue weighted by molar-refractivity contribution is -0.138. The van der Waals surface area contributed by atoms with Gasteiger partial charge in [-0.1, -0.05) is 29.8 Å². The van der Waals surface area contributed by atoms with Crippen LogP contribution in [0.2, 0.25) is 5.15 Å². The SMILES string of the molecule is COC(=O)c1sc(-n2cnc3cnc(Cl)cc32)cc1OCc1ccccc1C(F)(F)F. The molecule has 0 amide bonds. The second-order valence-electron chi connectivity index (χ2n) is 6.32. The van der Waals surface area contributed by atoms with Crippen molar-refractivity contribution in [2.45, 2.75) is 12.8 Å². The van der Waals surface area contributed by atoms with Crippen molar-refractivity contribution in [2.75, 3.05) is 7.11 Å². The van der Waals surface area contributed by atoms with Crippen LogP contribution in [0.1, 0.15) is 20.8 Å². The minimum absolute atomic E-state index is 0.0514. The summed E-state index contributed by atoms with van der Waals surface area (Å²) in [7, 11) is 1.21. The molecule has 0 bridgehead atoms.